The lowest BCUT2D eigenvalue weighted by atomic mass is 10.0. The molecule has 0 atom stereocenters. The van der Waals surface area contributed by atoms with E-state index in [1.165, 1.54) is 40.4 Å². The lowest BCUT2D eigenvalue weighted by molar-refractivity contribution is 0.102. The number of hydrogen-bond donors (Lipinski definition) is 1. The van der Waals surface area contributed by atoms with Gasteiger partial charge < -0.3 is 0 Å². The van der Waals surface area contributed by atoms with Crippen LogP contribution in [0.25, 0.3) is 10.6 Å². The van der Waals surface area contributed by atoms with E-state index in [0.29, 0.717) is 16.1 Å². The van der Waals surface area contributed by atoms with Gasteiger partial charge in [-0.3, -0.25) is 10.1 Å². The van der Waals surface area contributed by atoms with Crippen molar-refractivity contribution in [3.05, 3.63) is 59.7 Å². The summed E-state index contributed by atoms with van der Waals surface area (Å²) in [6, 6.07) is 13.9. The molecule has 0 saturated carbocycles. The van der Waals surface area contributed by atoms with Crippen molar-refractivity contribution in [2.24, 2.45) is 0 Å². The molecule has 0 aliphatic carbocycles. The SMILES string of the molecule is CC(C)c1ccc(-c2nnc(NC(=O)c3cccc(S(=O)(=O)N(C)C(C)C)c3)s2)cc1. The standard InChI is InChI=1S/C22H26N4O3S2/c1-14(2)16-9-11-17(12-10-16)21-24-25-22(30-21)23-20(27)18-7-6-8-19(13-18)31(28,29)26(5)15(3)4/h6-15H,1-5H3,(H,23,25,27). The van der Waals surface area contributed by atoms with Gasteiger partial charge in [-0.1, -0.05) is 55.5 Å². The van der Waals surface area contributed by atoms with Crippen LogP contribution in [-0.2, 0) is 10.0 Å². The fourth-order valence-corrected chi connectivity index (χ4v) is 4.97. The minimum absolute atomic E-state index is 0.0690. The monoisotopic (exact) mass is 458 g/mol. The largest absolute Gasteiger partial charge is 0.296 e. The number of sulfonamides is 1. The van der Waals surface area contributed by atoms with Crippen molar-refractivity contribution < 1.29 is 13.2 Å². The molecule has 0 unspecified atom stereocenters. The summed E-state index contributed by atoms with van der Waals surface area (Å²) in [6.07, 6.45) is 0. The van der Waals surface area contributed by atoms with Crippen molar-refractivity contribution in [3.8, 4) is 10.6 Å². The molecule has 0 radical (unpaired) electrons. The van der Waals surface area contributed by atoms with E-state index in [4.69, 9.17) is 0 Å². The number of rotatable bonds is 7. The molecule has 2 aromatic carbocycles. The van der Waals surface area contributed by atoms with Gasteiger partial charge in [-0.2, -0.15) is 4.31 Å². The summed E-state index contributed by atoms with van der Waals surface area (Å²) in [7, 11) is -2.16. The van der Waals surface area contributed by atoms with Gasteiger partial charge in [0, 0.05) is 24.2 Å². The van der Waals surface area contributed by atoms with Gasteiger partial charge in [0.25, 0.3) is 5.91 Å². The van der Waals surface area contributed by atoms with Crippen molar-refractivity contribution in [1.82, 2.24) is 14.5 Å². The molecular formula is C22H26N4O3S2. The molecule has 164 valence electrons. The van der Waals surface area contributed by atoms with Gasteiger partial charge in [0.05, 0.1) is 4.90 Å². The van der Waals surface area contributed by atoms with E-state index >= 15 is 0 Å². The molecule has 1 N–H and O–H groups in total. The van der Waals surface area contributed by atoms with Gasteiger partial charge in [-0.05, 0) is 43.5 Å². The number of carbonyl (C=O) groups excluding carboxylic acids is 1. The first-order valence-corrected chi connectivity index (χ1v) is 12.2. The molecule has 0 aliphatic rings. The molecule has 31 heavy (non-hydrogen) atoms. The minimum atomic E-state index is -3.68. The Bertz CT molecular complexity index is 1170. The molecule has 7 nitrogen and oxygen atoms in total. The summed E-state index contributed by atoms with van der Waals surface area (Å²) >= 11 is 1.26. The Balaban J connectivity index is 1.77. The minimum Gasteiger partial charge on any atom is -0.296 e. The van der Waals surface area contributed by atoms with Crippen molar-refractivity contribution in [2.75, 3.05) is 12.4 Å². The Morgan fingerprint density at radius 2 is 1.71 bits per heavy atom. The average molecular weight is 459 g/mol. The van der Waals surface area contributed by atoms with E-state index < -0.39 is 15.9 Å². The van der Waals surface area contributed by atoms with Crippen molar-refractivity contribution in [3.63, 3.8) is 0 Å². The predicted octanol–water partition coefficient (Wildman–Crippen LogP) is 4.61. The fraction of sp³-hybridized carbons (Fsp3) is 0.318. The Morgan fingerprint density at radius 1 is 1.03 bits per heavy atom. The summed E-state index contributed by atoms with van der Waals surface area (Å²) in [5, 5.41) is 12.0. The lowest BCUT2D eigenvalue weighted by Crippen LogP contribution is -2.33. The van der Waals surface area contributed by atoms with Gasteiger partial charge >= 0.3 is 0 Å². The number of carbonyl (C=O) groups is 1. The summed E-state index contributed by atoms with van der Waals surface area (Å²) in [5.74, 6) is 0.000304. The summed E-state index contributed by atoms with van der Waals surface area (Å²) in [6.45, 7) is 7.85. The summed E-state index contributed by atoms with van der Waals surface area (Å²) in [5.41, 5.74) is 2.39. The van der Waals surface area contributed by atoms with Crippen molar-refractivity contribution in [1.29, 1.82) is 0 Å². The van der Waals surface area contributed by atoms with Gasteiger partial charge in [0.15, 0.2) is 0 Å². The number of hydrogen-bond acceptors (Lipinski definition) is 6. The van der Waals surface area contributed by atoms with E-state index in [2.05, 4.69) is 41.5 Å². The lowest BCUT2D eigenvalue weighted by Gasteiger charge is -2.21. The van der Waals surface area contributed by atoms with Crippen LogP contribution in [0, 0.1) is 0 Å². The van der Waals surface area contributed by atoms with Crippen LogP contribution in [-0.4, -0.2) is 41.9 Å². The second-order valence-electron chi connectivity index (χ2n) is 7.79. The third kappa shape index (κ3) is 5.17. The number of benzene rings is 2. The quantitative estimate of drug-likeness (QED) is 0.558. The van der Waals surface area contributed by atoms with Crippen LogP contribution in [0.1, 0.15) is 49.5 Å². The number of amides is 1. The number of nitrogens with zero attached hydrogens (tertiary/aromatic N) is 3. The van der Waals surface area contributed by atoms with E-state index in [9.17, 15) is 13.2 Å². The van der Waals surface area contributed by atoms with Crippen LogP contribution in [0.2, 0.25) is 0 Å². The second kappa shape index (κ2) is 9.25. The van der Waals surface area contributed by atoms with Gasteiger partial charge in [-0.25, -0.2) is 8.42 Å². The molecule has 1 aromatic heterocycles. The number of anilines is 1. The maximum Gasteiger partial charge on any atom is 0.257 e. The Hall–Kier alpha value is -2.62. The normalized spacial score (nSPS) is 12.0. The maximum absolute atomic E-state index is 12.7. The molecule has 0 aliphatic heterocycles. The van der Waals surface area contributed by atoms with Crippen LogP contribution in [0.4, 0.5) is 5.13 Å². The van der Waals surface area contributed by atoms with Crippen LogP contribution in [0.5, 0.6) is 0 Å². The molecule has 0 fully saturated rings. The first kappa shape index (κ1) is 23.1. The van der Waals surface area contributed by atoms with E-state index in [1.54, 1.807) is 26.0 Å². The highest BCUT2D eigenvalue weighted by Crippen LogP contribution is 2.28. The van der Waals surface area contributed by atoms with Crippen LogP contribution >= 0.6 is 11.3 Å². The molecule has 0 spiro atoms. The number of nitrogens with one attached hydrogen (secondary N) is 1. The molecule has 1 amide bonds. The maximum atomic E-state index is 12.7. The first-order valence-electron chi connectivity index (χ1n) is 9.93. The Labute approximate surface area is 187 Å². The topological polar surface area (TPSA) is 92.3 Å². The summed E-state index contributed by atoms with van der Waals surface area (Å²) in [4.78, 5) is 12.8. The Kier molecular flexibility index (Phi) is 6.88. The molecule has 3 aromatic rings. The van der Waals surface area contributed by atoms with Crippen molar-refractivity contribution in [2.45, 2.75) is 44.6 Å². The third-order valence-corrected chi connectivity index (χ3v) is 7.89. The highest BCUT2D eigenvalue weighted by molar-refractivity contribution is 7.89. The zero-order valence-corrected chi connectivity index (χ0v) is 19.8. The van der Waals surface area contributed by atoms with E-state index in [-0.39, 0.29) is 16.5 Å². The zero-order chi connectivity index (χ0) is 22.8. The predicted molar refractivity (Wildman–Crippen MR) is 124 cm³/mol. The highest BCUT2D eigenvalue weighted by atomic mass is 32.2. The average Bonchev–Trinajstić information content (AvgIpc) is 3.21. The van der Waals surface area contributed by atoms with Gasteiger partial charge in [-0.15, -0.1) is 10.2 Å². The molecular weight excluding hydrogens is 432 g/mol. The Morgan fingerprint density at radius 3 is 2.32 bits per heavy atom. The zero-order valence-electron chi connectivity index (χ0n) is 18.2. The highest BCUT2D eigenvalue weighted by Gasteiger charge is 2.24. The van der Waals surface area contributed by atoms with Gasteiger partial charge in [0.1, 0.15) is 5.01 Å². The fourth-order valence-electron chi connectivity index (χ4n) is 2.81. The summed E-state index contributed by atoms with van der Waals surface area (Å²) < 4.78 is 26.7. The van der Waals surface area contributed by atoms with Crippen LogP contribution in [0.3, 0.4) is 0 Å². The first-order chi connectivity index (χ1) is 14.6. The van der Waals surface area contributed by atoms with Crippen LogP contribution in [0.15, 0.2) is 53.4 Å². The number of aromatic nitrogens is 2. The van der Waals surface area contributed by atoms with Crippen molar-refractivity contribution >= 4 is 32.4 Å². The van der Waals surface area contributed by atoms with E-state index in [1.807, 2.05) is 12.1 Å². The molecule has 3 rings (SSSR count). The molecule has 0 bridgehead atoms. The third-order valence-electron chi connectivity index (χ3n) is 4.97. The smallest absolute Gasteiger partial charge is 0.257 e. The molecule has 9 heteroatoms. The van der Waals surface area contributed by atoms with E-state index in [0.717, 1.165) is 5.56 Å². The molecule has 1 heterocycles. The van der Waals surface area contributed by atoms with Gasteiger partial charge in [0.2, 0.25) is 15.2 Å². The molecule has 0 saturated heterocycles. The van der Waals surface area contributed by atoms with Crippen LogP contribution < -0.4 is 5.32 Å². The second-order valence-corrected chi connectivity index (χ2v) is 10.8.